The molecule has 0 amide bonds. The molecule has 1 aliphatic rings. The first-order valence-corrected chi connectivity index (χ1v) is 5.81. The Kier molecular flexibility index (Phi) is 3.20. The summed E-state index contributed by atoms with van der Waals surface area (Å²) in [4.78, 5) is 10.7. The average molecular weight is 202 g/mol. The van der Waals surface area contributed by atoms with Crippen molar-refractivity contribution in [3.8, 4) is 0 Å². The molecule has 1 aromatic carbocycles. The van der Waals surface area contributed by atoms with Crippen LogP contribution in [0.3, 0.4) is 0 Å². The molecule has 0 saturated heterocycles. The summed E-state index contributed by atoms with van der Waals surface area (Å²) in [6, 6.07) is 8.61. The fourth-order valence-corrected chi connectivity index (χ4v) is 2.45. The maximum atomic E-state index is 10.7. The molecular weight excluding hydrogens is 184 g/mol. The molecule has 2 rings (SSSR count). The zero-order chi connectivity index (χ0) is 10.7. The van der Waals surface area contributed by atoms with Gasteiger partial charge in [0, 0.05) is 6.42 Å². The average Bonchev–Trinajstić information content (AvgIpc) is 2.14. The summed E-state index contributed by atoms with van der Waals surface area (Å²) in [6.07, 6.45) is 5.70. The second-order valence-electron chi connectivity index (χ2n) is 4.61. The molecule has 0 spiro atoms. The summed E-state index contributed by atoms with van der Waals surface area (Å²) < 4.78 is 0. The van der Waals surface area contributed by atoms with Crippen LogP contribution in [0.1, 0.15) is 42.7 Å². The van der Waals surface area contributed by atoms with Crippen molar-refractivity contribution >= 4 is 6.29 Å². The lowest BCUT2D eigenvalue weighted by atomic mass is 9.72. The van der Waals surface area contributed by atoms with E-state index in [2.05, 4.69) is 31.2 Å². The van der Waals surface area contributed by atoms with E-state index in [0.717, 1.165) is 12.2 Å². The quantitative estimate of drug-likeness (QED) is 0.683. The second-order valence-corrected chi connectivity index (χ2v) is 4.61. The van der Waals surface area contributed by atoms with Crippen LogP contribution in [0.15, 0.2) is 24.3 Å². The van der Waals surface area contributed by atoms with Crippen LogP contribution >= 0.6 is 0 Å². The highest BCUT2D eigenvalue weighted by atomic mass is 16.1. The van der Waals surface area contributed by atoms with Crippen molar-refractivity contribution < 1.29 is 4.79 Å². The predicted molar refractivity (Wildman–Crippen MR) is 61.9 cm³/mol. The summed E-state index contributed by atoms with van der Waals surface area (Å²) in [5, 5.41) is 0. The summed E-state index contributed by atoms with van der Waals surface area (Å²) in [6.45, 7) is 2.11. The van der Waals surface area contributed by atoms with E-state index in [1.54, 1.807) is 0 Å². The molecule has 1 fully saturated rings. The van der Waals surface area contributed by atoms with Gasteiger partial charge in [-0.1, -0.05) is 36.2 Å². The van der Waals surface area contributed by atoms with Gasteiger partial charge in [0.1, 0.15) is 6.29 Å². The highest BCUT2D eigenvalue weighted by Gasteiger charge is 2.27. The number of carbonyl (C=O) groups excluding carboxylic acids is 1. The summed E-state index contributed by atoms with van der Waals surface area (Å²) in [7, 11) is 0. The van der Waals surface area contributed by atoms with E-state index in [0.29, 0.717) is 12.3 Å². The van der Waals surface area contributed by atoms with Gasteiger partial charge in [0.05, 0.1) is 0 Å². The third-order valence-electron chi connectivity index (χ3n) is 3.54. The van der Waals surface area contributed by atoms with Gasteiger partial charge >= 0.3 is 0 Å². The fourth-order valence-electron chi connectivity index (χ4n) is 2.45. The SMILES string of the molecule is Cc1cccc(C(CC=O)C2CCC2)c1. The van der Waals surface area contributed by atoms with E-state index in [4.69, 9.17) is 0 Å². The highest BCUT2D eigenvalue weighted by molar-refractivity contribution is 5.52. The molecule has 80 valence electrons. The normalized spacial score (nSPS) is 18.2. The van der Waals surface area contributed by atoms with Crippen LogP contribution < -0.4 is 0 Å². The van der Waals surface area contributed by atoms with Crippen LogP contribution in [0.5, 0.6) is 0 Å². The predicted octanol–water partition coefficient (Wildman–Crippen LogP) is 3.47. The van der Waals surface area contributed by atoms with Crippen LogP contribution in [0.25, 0.3) is 0 Å². The number of hydrogen-bond donors (Lipinski definition) is 0. The molecule has 1 saturated carbocycles. The third kappa shape index (κ3) is 2.28. The van der Waals surface area contributed by atoms with Gasteiger partial charge in [0.2, 0.25) is 0 Å². The molecule has 1 nitrogen and oxygen atoms in total. The Balaban J connectivity index is 2.19. The van der Waals surface area contributed by atoms with Gasteiger partial charge in [-0.3, -0.25) is 0 Å². The number of hydrogen-bond acceptors (Lipinski definition) is 1. The lowest BCUT2D eigenvalue weighted by molar-refractivity contribution is -0.108. The molecule has 1 aliphatic carbocycles. The van der Waals surface area contributed by atoms with Gasteiger partial charge in [-0.05, 0) is 37.2 Å². The summed E-state index contributed by atoms with van der Waals surface area (Å²) >= 11 is 0. The minimum atomic E-state index is 0.469. The molecule has 0 bridgehead atoms. The van der Waals surface area contributed by atoms with Gasteiger partial charge in [0.25, 0.3) is 0 Å². The molecule has 0 aliphatic heterocycles. The number of rotatable bonds is 4. The Bertz CT molecular complexity index is 339. The molecule has 1 heteroatoms. The van der Waals surface area contributed by atoms with Crippen molar-refractivity contribution in [2.24, 2.45) is 5.92 Å². The first-order valence-electron chi connectivity index (χ1n) is 5.81. The van der Waals surface area contributed by atoms with Crippen molar-refractivity contribution in [3.63, 3.8) is 0 Å². The lowest BCUT2D eigenvalue weighted by Gasteiger charge is -2.33. The maximum absolute atomic E-state index is 10.7. The topological polar surface area (TPSA) is 17.1 Å². The van der Waals surface area contributed by atoms with Gasteiger partial charge in [-0.25, -0.2) is 0 Å². The highest BCUT2D eigenvalue weighted by Crippen LogP contribution is 2.40. The van der Waals surface area contributed by atoms with Crippen LogP contribution in [-0.2, 0) is 4.79 Å². The third-order valence-corrected chi connectivity index (χ3v) is 3.54. The van der Waals surface area contributed by atoms with Crippen LogP contribution in [-0.4, -0.2) is 6.29 Å². The molecule has 0 aromatic heterocycles. The molecule has 0 N–H and O–H groups in total. The summed E-state index contributed by atoms with van der Waals surface area (Å²) in [5.74, 6) is 1.22. The van der Waals surface area contributed by atoms with Gasteiger partial charge < -0.3 is 4.79 Å². The fraction of sp³-hybridized carbons (Fsp3) is 0.500. The standard InChI is InChI=1S/C14H18O/c1-11-4-2-7-13(10-11)14(8-9-15)12-5-3-6-12/h2,4,7,9-10,12,14H,3,5-6,8H2,1H3. The zero-order valence-electron chi connectivity index (χ0n) is 9.28. The van der Waals surface area contributed by atoms with Crippen molar-refractivity contribution in [1.29, 1.82) is 0 Å². The first-order chi connectivity index (χ1) is 7.31. The molecule has 0 radical (unpaired) electrons. The van der Waals surface area contributed by atoms with E-state index < -0.39 is 0 Å². The lowest BCUT2D eigenvalue weighted by Crippen LogP contribution is -2.20. The number of aryl methyl sites for hydroxylation is 1. The zero-order valence-corrected chi connectivity index (χ0v) is 9.28. The monoisotopic (exact) mass is 202 g/mol. The largest absolute Gasteiger partial charge is 0.303 e. The van der Waals surface area contributed by atoms with Crippen molar-refractivity contribution in [3.05, 3.63) is 35.4 Å². The Morgan fingerprint density at radius 1 is 1.47 bits per heavy atom. The maximum Gasteiger partial charge on any atom is 0.120 e. The minimum Gasteiger partial charge on any atom is -0.303 e. The molecular formula is C14H18O. The van der Waals surface area contributed by atoms with E-state index in [1.807, 2.05) is 0 Å². The van der Waals surface area contributed by atoms with Crippen LogP contribution in [0.4, 0.5) is 0 Å². The Hall–Kier alpha value is -1.11. The molecule has 1 atom stereocenters. The number of carbonyl (C=O) groups is 1. The van der Waals surface area contributed by atoms with E-state index in [1.165, 1.54) is 30.4 Å². The Labute approximate surface area is 91.5 Å². The van der Waals surface area contributed by atoms with Gasteiger partial charge in [-0.15, -0.1) is 0 Å². The summed E-state index contributed by atoms with van der Waals surface area (Å²) in [5.41, 5.74) is 2.65. The van der Waals surface area contributed by atoms with Crippen LogP contribution in [0.2, 0.25) is 0 Å². The number of benzene rings is 1. The second kappa shape index (κ2) is 4.61. The number of aldehydes is 1. The molecule has 15 heavy (non-hydrogen) atoms. The molecule has 0 heterocycles. The van der Waals surface area contributed by atoms with Gasteiger partial charge in [-0.2, -0.15) is 0 Å². The van der Waals surface area contributed by atoms with Crippen LogP contribution in [0, 0.1) is 12.8 Å². The molecule has 1 unspecified atom stereocenters. The van der Waals surface area contributed by atoms with Crippen molar-refractivity contribution in [2.45, 2.75) is 38.5 Å². The minimum absolute atomic E-state index is 0.469. The Morgan fingerprint density at radius 3 is 2.80 bits per heavy atom. The van der Waals surface area contributed by atoms with E-state index in [9.17, 15) is 4.79 Å². The smallest absolute Gasteiger partial charge is 0.120 e. The van der Waals surface area contributed by atoms with Gasteiger partial charge in [0.15, 0.2) is 0 Å². The first kappa shape index (κ1) is 10.4. The van der Waals surface area contributed by atoms with E-state index in [-0.39, 0.29) is 0 Å². The Morgan fingerprint density at radius 2 is 2.27 bits per heavy atom. The van der Waals surface area contributed by atoms with E-state index >= 15 is 0 Å². The molecule has 1 aromatic rings. The van der Waals surface area contributed by atoms with Crippen molar-refractivity contribution in [1.82, 2.24) is 0 Å². The van der Waals surface area contributed by atoms with Crippen molar-refractivity contribution in [2.75, 3.05) is 0 Å².